The maximum Gasteiger partial charge on any atom is 0.328 e. The molecule has 0 bridgehead atoms. The first kappa shape index (κ1) is 14.2. The minimum Gasteiger partial charge on any atom is -0.480 e. The van der Waals surface area contributed by atoms with Crippen molar-refractivity contribution in [3.05, 3.63) is 33.3 Å². The van der Waals surface area contributed by atoms with Crippen LogP contribution in [0.25, 0.3) is 0 Å². The van der Waals surface area contributed by atoms with E-state index in [1.54, 1.807) is 0 Å². The number of benzene rings is 1. The normalized spacial score (nSPS) is 11.9. The Balaban J connectivity index is 2.90. The lowest BCUT2D eigenvalue weighted by Gasteiger charge is -2.15. The quantitative estimate of drug-likeness (QED) is 0.605. The van der Waals surface area contributed by atoms with E-state index in [9.17, 15) is 14.9 Å². The van der Waals surface area contributed by atoms with E-state index < -0.39 is 16.9 Å². The van der Waals surface area contributed by atoms with Crippen LogP contribution in [-0.2, 0) is 9.53 Å². The molecule has 0 spiro atoms. The van der Waals surface area contributed by atoms with Crippen molar-refractivity contribution in [3.8, 4) is 0 Å². The number of carbonyl (C=O) groups is 1. The third kappa shape index (κ3) is 3.57. The van der Waals surface area contributed by atoms with Crippen molar-refractivity contribution >= 4 is 28.9 Å². The van der Waals surface area contributed by atoms with Gasteiger partial charge in [0.15, 0.2) is 0 Å². The van der Waals surface area contributed by atoms with Gasteiger partial charge in [-0.2, -0.15) is 0 Å². The van der Waals surface area contributed by atoms with E-state index in [0.717, 1.165) is 6.07 Å². The van der Waals surface area contributed by atoms with Crippen LogP contribution >= 0.6 is 11.6 Å². The van der Waals surface area contributed by atoms with Gasteiger partial charge in [0, 0.05) is 19.2 Å². The Morgan fingerprint density at radius 2 is 2.33 bits per heavy atom. The molecule has 98 valence electrons. The van der Waals surface area contributed by atoms with E-state index in [1.165, 1.54) is 19.2 Å². The van der Waals surface area contributed by atoms with E-state index in [1.807, 2.05) is 0 Å². The third-order valence-electron chi connectivity index (χ3n) is 2.12. The van der Waals surface area contributed by atoms with Crippen LogP contribution in [0.5, 0.6) is 0 Å². The SMILES string of the molecule is COCC(Nc1ccc([N+](=O)[O-])cc1Cl)C(=O)O. The molecule has 2 N–H and O–H groups in total. The molecule has 0 heterocycles. The highest BCUT2D eigenvalue weighted by Crippen LogP contribution is 2.27. The van der Waals surface area contributed by atoms with Gasteiger partial charge >= 0.3 is 5.97 Å². The summed E-state index contributed by atoms with van der Waals surface area (Å²) in [5.41, 5.74) is 0.135. The highest BCUT2D eigenvalue weighted by atomic mass is 35.5. The van der Waals surface area contributed by atoms with Crippen LogP contribution in [-0.4, -0.2) is 35.8 Å². The lowest BCUT2D eigenvalue weighted by molar-refractivity contribution is -0.384. The molecule has 1 atom stereocenters. The number of methoxy groups -OCH3 is 1. The zero-order valence-corrected chi connectivity index (χ0v) is 10.2. The number of carboxylic acids is 1. The van der Waals surface area contributed by atoms with Crippen LogP contribution in [0.15, 0.2) is 18.2 Å². The van der Waals surface area contributed by atoms with Crippen molar-refractivity contribution in [1.29, 1.82) is 0 Å². The molecule has 8 heteroatoms. The standard InChI is InChI=1S/C10H11ClN2O5/c1-18-5-9(10(14)15)12-8-3-2-6(13(16)17)4-7(8)11/h2-4,9,12H,5H2,1H3,(H,14,15). The predicted octanol–water partition coefficient (Wildman–Crippen LogP) is 1.76. The first-order valence-electron chi connectivity index (χ1n) is 4.88. The fourth-order valence-corrected chi connectivity index (χ4v) is 1.49. The second-order valence-electron chi connectivity index (χ2n) is 3.41. The van der Waals surface area contributed by atoms with Gasteiger partial charge in [-0.15, -0.1) is 0 Å². The largest absolute Gasteiger partial charge is 0.480 e. The molecule has 0 saturated heterocycles. The maximum absolute atomic E-state index is 10.9. The van der Waals surface area contributed by atoms with Crippen molar-refractivity contribution in [2.75, 3.05) is 19.0 Å². The number of nitrogens with one attached hydrogen (secondary N) is 1. The summed E-state index contributed by atoms with van der Waals surface area (Å²) < 4.78 is 4.74. The van der Waals surface area contributed by atoms with Gasteiger partial charge in [0.25, 0.3) is 5.69 Å². The minimum absolute atomic E-state index is 0.0529. The fourth-order valence-electron chi connectivity index (χ4n) is 1.26. The molecule has 0 saturated carbocycles. The van der Waals surface area contributed by atoms with Crippen LogP contribution in [0.3, 0.4) is 0 Å². The highest BCUT2D eigenvalue weighted by molar-refractivity contribution is 6.33. The third-order valence-corrected chi connectivity index (χ3v) is 2.44. The number of hydrogen-bond acceptors (Lipinski definition) is 5. The molecular formula is C10H11ClN2O5. The zero-order valence-electron chi connectivity index (χ0n) is 9.42. The van der Waals surface area contributed by atoms with Crippen LogP contribution in [0.4, 0.5) is 11.4 Å². The van der Waals surface area contributed by atoms with Crippen molar-refractivity contribution in [2.24, 2.45) is 0 Å². The molecule has 0 aliphatic carbocycles. The topological polar surface area (TPSA) is 102 Å². The molecule has 0 fully saturated rings. The lowest BCUT2D eigenvalue weighted by atomic mass is 10.2. The van der Waals surface area contributed by atoms with Crippen molar-refractivity contribution in [3.63, 3.8) is 0 Å². The number of rotatable bonds is 6. The number of nitrogens with zero attached hydrogens (tertiary/aromatic N) is 1. The van der Waals surface area contributed by atoms with Gasteiger partial charge in [0.2, 0.25) is 0 Å². The summed E-state index contributed by atoms with van der Waals surface area (Å²) in [5, 5.41) is 22.1. The van der Waals surface area contributed by atoms with E-state index in [-0.39, 0.29) is 17.3 Å². The fraction of sp³-hybridized carbons (Fsp3) is 0.300. The van der Waals surface area contributed by atoms with E-state index in [0.29, 0.717) is 5.69 Å². The Morgan fingerprint density at radius 3 is 2.78 bits per heavy atom. The summed E-state index contributed by atoms with van der Waals surface area (Å²) in [6, 6.07) is 2.76. The number of carboxylic acid groups (broad SMARTS) is 1. The van der Waals surface area contributed by atoms with Gasteiger partial charge in [-0.3, -0.25) is 10.1 Å². The first-order chi connectivity index (χ1) is 8.45. The molecule has 0 amide bonds. The second kappa shape index (κ2) is 6.18. The number of anilines is 1. The Hall–Kier alpha value is -1.86. The average molecular weight is 275 g/mol. The molecule has 0 aliphatic rings. The number of ether oxygens (including phenoxy) is 1. The first-order valence-corrected chi connectivity index (χ1v) is 5.25. The van der Waals surface area contributed by atoms with Gasteiger partial charge in [-0.25, -0.2) is 4.79 Å². The summed E-state index contributed by atoms with van der Waals surface area (Å²) >= 11 is 5.82. The number of nitro benzene ring substituents is 1. The molecule has 1 unspecified atom stereocenters. The molecule has 0 aliphatic heterocycles. The smallest absolute Gasteiger partial charge is 0.328 e. The number of aliphatic carboxylic acids is 1. The Kier molecular flexibility index (Phi) is 4.87. The monoisotopic (exact) mass is 274 g/mol. The predicted molar refractivity (Wildman–Crippen MR) is 65.0 cm³/mol. The van der Waals surface area contributed by atoms with Gasteiger partial charge < -0.3 is 15.2 Å². The minimum atomic E-state index is -1.11. The van der Waals surface area contributed by atoms with Crippen LogP contribution in [0, 0.1) is 10.1 Å². The second-order valence-corrected chi connectivity index (χ2v) is 3.82. The molecular weight excluding hydrogens is 264 g/mol. The van der Waals surface area contributed by atoms with E-state index >= 15 is 0 Å². The average Bonchev–Trinajstić information content (AvgIpc) is 2.30. The molecule has 0 aromatic heterocycles. The summed E-state index contributed by atoms with van der Waals surface area (Å²) in [5.74, 6) is -1.11. The Labute approximate surface area is 107 Å². The van der Waals surface area contributed by atoms with Crippen molar-refractivity contribution in [2.45, 2.75) is 6.04 Å². The van der Waals surface area contributed by atoms with E-state index in [2.05, 4.69) is 5.32 Å². The lowest BCUT2D eigenvalue weighted by Crippen LogP contribution is -2.33. The molecule has 1 aromatic rings. The summed E-state index contributed by atoms with van der Waals surface area (Å²) in [4.78, 5) is 20.8. The van der Waals surface area contributed by atoms with Crippen LogP contribution in [0.2, 0.25) is 5.02 Å². The van der Waals surface area contributed by atoms with Crippen LogP contribution < -0.4 is 5.32 Å². The van der Waals surface area contributed by atoms with E-state index in [4.69, 9.17) is 21.4 Å². The summed E-state index contributed by atoms with van der Waals surface area (Å²) in [6.07, 6.45) is 0. The van der Waals surface area contributed by atoms with Gasteiger partial charge in [-0.1, -0.05) is 11.6 Å². The summed E-state index contributed by atoms with van der Waals surface area (Å²) in [6.45, 7) is -0.0529. The Bertz CT molecular complexity index is 466. The van der Waals surface area contributed by atoms with Gasteiger partial charge in [-0.05, 0) is 6.07 Å². The molecule has 1 aromatic carbocycles. The number of hydrogen-bond donors (Lipinski definition) is 2. The zero-order chi connectivity index (χ0) is 13.7. The van der Waals surface area contributed by atoms with Crippen molar-refractivity contribution in [1.82, 2.24) is 0 Å². The number of non-ortho nitro benzene ring substituents is 1. The van der Waals surface area contributed by atoms with Crippen molar-refractivity contribution < 1.29 is 19.6 Å². The van der Waals surface area contributed by atoms with Gasteiger partial charge in [0.05, 0.1) is 22.2 Å². The molecule has 0 radical (unpaired) electrons. The number of halogens is 1. The summed E-state index contributed by atoms with van der Waals surface area (Å²) in [7, 11) is 1.37. The van der Waals surface area contributed by atoms with Gasteiger partial charge in [0.1, 0.15) is 6.04 Å². The Morgan fingerprint density at radius 1 is 1.67 bits per heavy atom. The van der Waals surface area contributed by atoms with Crippen LogP contribution in [0.1, 0.15) is 0 Å². The maximum atomic E-state index is 10.9. The molecule has 18 heavy (non-hydrogen) atoms. The number of nitro groups is 1. The highest BCUT2D eigenvalue weighted by Gasteiger charge is 2.19. The molecule has 1 rings (SSSR count). The molecule has 7 nitrogen and oxygen atoms in total.